The lowest BCUT2D eigenvalue weighted by Crippen LogP contribution is -2.43. The van der Waals surface area contributed by atoms with Gasteiger partial charge in [-0.15, -0.1) is 5.54 Å². The quantitative estimate of drug-likeness (QED) is 0.341. The van der Waals surface area contributed by atoms with Gasteiger partial charge in [0.15, 0.2) is 5.65 Å². The molecule has 0 saturated heterocycles. The van der Waals surface area contributed by atoms with Crippen molar-refractivity contribution in [3.8, 4) is 11.5 Å². The maximum absolute atomic E-state index is 13.1. The minimum atomic E-state index is -3.58. The number of fused-ring (bicyclic) bond motifs is 1. The van der Waals surface area contributed by atoms with Crippen molar-refractivity contribution in [1.29, 1.82) is 0 Å². The van der Waals surface area contributed by atoms with E-state index in [2.05, 4.69) is 58.0 Å². The molecule has 0 bridgehead atoms. The Morgan fingerprint density at radius 3 is 2.13 bits per heavy atom. The first kappa shape index (κ1) is 23.3. The summed E-state index contributed by atoms with van der Waals surface area (Å²) in [4.78, 5) is 4.39. The minimum Gasteiger partial charge on any atom is -0.237 e. The highest BCUT2D eigenvalue weighted by Crippen LogP contribution is 2.40. The molecule has 4 nitrogen and oxygen atoms in total. The zero-order valence-electron chi connectivity index (χ0n) is 19.3. The van der Waals surface area contributed by atoms with Gasteiger partial charge in [0.1, 0.15) is 8.07 Å². The molecular weight excluding hydrogens is 420 g/mol. The molecule has 164 valence electrons. The largest absolute Gasteiger partial charge is 0.244 e. The molecule has 2 heterocycles. The first-order valence-electron chi connectivity index (χ1n) is 10.9. The van der Waals surface area contributed by atoms with E-state index >= 15 is 0 Å². The summed E-state index contributed by atoms with van der Waals surface area (Å²) in [5.74, 6) is 3.38. The molecule has 3 rings (SSSR count). The van der Waals surface area contributed by atoms with Gasteiger partial charge in [-0.3, -0.25) is 0 Å². The third-order valence-corrected chi connectivity index (χ3v) is 14.2. The van der Waals surface area contributed by atoms with Gasteiger partial charge in [0.2, 0.25) is 10.0 Å². The van der Waals surface area contributed by atoms with Crippen molar-refractivity contribution in [2.45, 2.75) is 63.9 Å². The van der Waals surface area contributed by atoms with E-state index in [1.165, 1.54) is 3.97 Å². The van der Waals surface area contributed by atoms with Crippen LogP contribution in [0.1, 0.15) is 52.7 Å². The van der Waals surface area contributed by atoms with Gasteiger partial charge >= 0.3 is 0 Å². The molecule has 0 aliphatic carbocycles. The second kappa shape index (κ2) is 9.02. The van der Waals surface area contributed by atoms with Crippen LogP contribution in [0.4, 0.5) is 0 Å². The molecule has 0 aliphatic rings. The van der Waals surface area contributed by atoms with Crippen LogP contribution in [0.25, 0.3) is 11.0 Å². The average molecular weight is 453 g/mol. The fourth-order valence-corrected chi connectivity index (χ4v) is 11.4. The Balaban J connectivity index is 2.07. The van der Waals surface area contributed by atoms with Crippen LogP contribution in [0.5, 0.6) is 0 Å². The number of rotatable bonds is 6. The SMILES string of the molecule is CC(C)[Si](C#Cc1ccnc2c1ccn2S(=O)(=O)Cc1ccccc1)(C(C)C)C(C)C. The third kappa shape index (κ3) is 4.49. The van der Waals surface area contributed by atoms with Crippen molar-refractivity contribution in [2.75, 3.05) is 0 Å². The van der Waals surface area contributed by atoms with Crippen LogP contribution in [0.3, 0.4) is 0 Å². The van der Waals surface area contributed by atoms with Gasteiger partial charge in [-0.05, 0) is 34.3 Å². The summed E-state index contributed by atoms with van der Waals surface area (Å²) in [6, 6.07) is 12.9. The summed E-state index contributed by atoms with van der Waals surface area (Å²) in [6.45, 7) is 13.7. The molecule has 0 aliphatic heterocycles. The highest BCUT2D eigenvalue weighted by Gasteiger charge is 2.41. The van der Waals surface area contributed by atoms with Crippen LogP contribution in [-0.4, -0.2) is 25.4 Å². The Labute approximate surface area is 187 Å². The Morgan fingerprint density at radius 1 is 0.935 bits per heavy atom. The van der Waals surface area contributed by atoms with Gasteiger partial charge in [0, 0.05) is 23.3 Å². The van der Waals surface area contributed by atoms with Crippen LogP contribution in [0.15, 0.2) is 54.9 Å². The number of pyridine rings is 1. The van der Waals surface area contributed by atoms with Crippen molar-refractivity contribution < 1.29 is 8.42 Å². The van der Waals surface area contributed by atoms with E-state index in [1.807, 2.05) is 42.5 Å². The number of hydrogen-bond acceptors (Lipinski definition) is 3. The highest BCUT2D eigenvalue weighted by molar-refractivity contribution is 7.89. The third-order valence-electron chi connectivity index (χ3n) is 6.33. The Bertz CT molecular complexity index is 1190. The van der Waals surface area contributed by atoms with Crippen LogP contribution in [0.2, 0.25) is 16.6 Å². The summed E-state index contributed by atoms with van der Waals surface area (Å²) in [6.07, 6.45) is 3.25. The number of nitrogens with zero attached hydrogens (tertiary/aromatic N) is 2. The Hall–Kier alpha value is -2.36. The molecule has 0 N–H and O–H groups in total. The lowest BCUT2D eigenvalue weighted by Gasteiger charge is -2.38. The molecule has 2 aromatic heterocycles. The number of aromatic nitrogens is 2. The van der Waals surface area contributed by atoms with Crippen molar-refractivity contribution >= 4 is 29.1 Å². The van der Waals surface area contributed by atoms with Gasteiger partial charge in [0.25, 0.3) is 0 Å². The summed E-state index contributed by atoms with van der Waals surface area (Å²) in [5, 5.41) is 0.783. The zero-order valence-corrected chi connectivity index (χ0v) is 21.1. The van der Waals surface area contributed by atoms with E-state index in [0.29, 0.717) is 22.3 Å². The fraction of sp³-hybridized carbons (Fsp3) is 0.400. The van der Waals surface area contributed by atoms with Crippen LogP contribution in [-0.2, 0) is 15.8 Å². The normalized spacial score (nSPS) is 12.5. The summed E-state index contributed by atoms with van der Waals surface area (Å²) >= 11 is 0. The highest BCUT2D eigenvalue weighted by atomic mass is 32.2. The molecule has 0 amide bonds. The molecule has 0 radical (unpaired) electrons. The van der Waals surface area contributed by atoms with Crippen molar-refractivity contribution in [2.24, 2.45) is 0 Å². The second-order valence-corrected chi connectivity index (χ2v) is 16.5. The number of hydrogen-bond donors (Lipinski definition) is 0. The lowest BCUT2D eigenvalue weighted by molar-refractivity contribution is 0.588. The summed E-state index contributed by atoms with van der Waals surface area (Å²) in [5.41, 5.74) is 7.37. The van der Waals surface area contributed by atoms with Gasteiger partial charge in [-0.1, -0.05) is 77.8 Å². The number of benzene rings is 1. The maximum atomic E-state index is 13.1. The zero-order chi connectivity index (χ0) is 22.8. The van der Waals surface area contributed by atoms with E-state index in [0.717, 1.165) is 16.5 Å². The van der Waals surface area contributed by atoms with Crippen molar-refractivity contribution in [3.63, 3.8) is 0 Å². The summed E-state index contributed by atoms with van der Waals surface area (Å²) in [7, 11) is -5.47. The van der Waals surface area contributed by atoms with Crippen molar-refractivity contribution in [3.05, 3.63) is 66.0 Å². The van der Waals surface area contributed by atoms with Gasteiger partial charge in [-0.25, -0.2) is 17.4 Å². The Morgan fingerprint density at radius 2 is 1.55 bits per heavy atom. The molecular formula is C25H32N2O2SSi. The van der Waals surface area contributed by atoms with E-state index < -0.39 is 18.1 Å². The van der Waals surface area contributed by atoms with E-state index in [9.17, 15) is 8.42 Å². The van der Waals surface area contributed by atoms with Crippen LogP contribution >= 0.6 is 0 Å². The topological polar surface area (TPSA) is 52.0 Å². The average Bonchev–Trinajstić information content (AvgIpc) is 3.14. The predicted octanol–water partition coefficient (Wildman–Crippen LogP) is 5.98. The maximum Gasteiger partial charge on any atom is 0.244 e. The molecule has 1 aromatic carbocycles. The second-order valence-electron chi connectivity index (χ2n) is 9.10. The molecule has 0 atom stereocenters. The Kier molecular flexibility index (Phi) is 6.78. The van der Waals surface area contributed by atoms with Crippen molar-refractivity contribution in [1.82, 2.24) is 8.96 Å². The molecule has 0 fully saturated rings. The van der Waals surface area contributed by atoms with Crippen LogP contribution in [0, 0.1) is 11.5 Å². The van der Waals surface area contributed by atoms with Gasteiger partial charge in [-0.2, -0.15) is 0 Å². The van der Waals surface area contributed by atoms with Gasteiger partial charge in [0.05, 0.1) is 5.75 Å². The lowest BCUT2D eigenvalue weighted by atomic mass is 10.2. The standard InChI is InChI=1S/C25H32N2O2SSi/c1-19(2)31(20(3)4,21(5)6)17-14-23-12-15-26-25-24(23)13-16-27(25)30(28,29)18-22-10-8-7-9-11-22/h7-13,15-16,19-21H,18H2,1-6H3. The smallest absolute Gasteiger partial charge is 0.237 e. The van der Waals surface area contributed by atoms with E-state index in [1.54, 1.807) is 12.4 Å². The van der Waals surface area contributed by atoms with Gasteiger partial charge < -0.3 is 0 Å². The minimum absolute atomic E-state index is 0.0702. The fourth-order valence-electron chi connectivity index (χ4n) is 4.81. The van der Waals surface area contributed by atoms with Crippen LogP contribution < -0.4 is 0 Å². The first-order valence-corrected chi connectivity index (χ1v) is 14.7. The molecule has 6 heteroatoms. The molecule has 0 saturated carbocycles. The molecule has 31 heavy (non-hydrogen) atoms. The van der Waals surface area contributed by atoms with E-state index in [4.69, 9.17) is 0 Å². The molecule has 0 spiro atoms. The predicted molar refractivity (Wildman–Crippen MR) is 132 cm³/mol. The first-order chi connectivity index (χ1) is 14.6. The molecule has 0 unspecified atom stereocenters. The molecule has 3 aromatic rings. The van der Waals surface area contributed by atoms with E-state index in [-0.39, 0.29) is 5.75 Å². The summed E-state index contributed by atoms with van der Waals surface area (Å²) < 4.78 is 27.4. The monoisotopic (exact) mass is 452 g/mol.